The van der Waals surface area contributed by atoms with Crippen molar-refractivity contribution in [1.82, 2.24) is 10.2 Å². The minimum Gasteiger partial charge on any atom is -0.348 e. The molecule has 1 aromatic rings. The van der Waals surface area contributed by atoms with Crippen LogP contribution in [-0.4, -0.2) is 51.2 Å². The standard InChI is InChI=1S/C19H31N3O3S/c1-13-8-14(2)11-22(10-13)12-16(4)20-19(23)17-7-6-15(3)18(9-17)21-26(5,24)25/h6-7,9,13-14,16,21H,8,10-12H2,1-5H3,(H,20,23)/t13-,14+,16-/m1/s1. The van der Waals surface area contributed by atoms with Crippen LogP contribution in [0, 0.1) is 18.8 Å². The van der Waals surface area contributed by atoms with Gasteiger partial charge >= 0.3 is 0 Å². The number of hydrogen-bond donors (Lipinski definition) is 2. The lowest BCUT2D eigenvalue weighted by atomic mass is 9.92. The lowest BCUT2D eigenvalue weighted by Crippen LogP contribution is -2.47. The van der Waals surface area contributed by atoms with E-state index in [4.69, 9.17) is 0 Å². The van der Waals surface area contributed by atoms with E-state index < -0.39 is 10.0 Å². The number of aryl methyl sites for hydroxylation is 1. The third-order valence-corrected chi connectivity index (χ3v) is 5.24. The van der Waals surface area contributed by atoms with E-state index in [1.807, 2.05) is 6.92 Å². The van der Waals surface area contributed by atoms with Crippen LogP contribution >= 0.6 is 0 Å². The van der Waals surface area contributed by atoms with Crippen LogP contribution < -0.4 is 10.0 Å². The molecule has 0 radical (unpaired) electrons. The number of rotatable bonds is 6. The van der Waals surface area contributed by atoms with Gasteiger partial charge in [0.1, 0.15) is 0 Å². The van der Waals surface area contributed by atoms with E-state index in [1.54, 1.807) is 25.1 Å². The summed E-state index contributed by atoms with van der Waals surface area (Å²) in [4.78, 5) is 15.0. The number of carbonyl (C=O) groups excluding carboxylic acids is 1. The maximum absolute atomic E-state index is 12.5. The predicted octanol–water partition coefficient (Wildman–Crippen LogP) is 2.46. The van der Waals surface area contributed by atoms with E-state index >= 15 is 0 Å². The molecule has 0 aliphatic carbocycles. The highest BCUT2D eigenvalue weighted by Gasteiger charge is 2.23. The van der Waals surface area contributed by atoms with Crippen LogP contribution in [0.2, 0.25) is 0 Å². The average Bonchev–Trinajstić information content (AvgIpc) is 2.46. The first-order chi connectivity index (χ1) is 12.0. The lowest BCUT2D eigenvalue weighted by molar-refractivity contribution is 0.0905. The first-order valence-electron chi connectivity index (χ1n) is 9.15. The van der Waals surface area contributed by atoms with Crippen LogP contribution in [0.1, 0.15) is 43.1 Å². The summed E-state index contributed by atoms with van der Waals surface area (Å²) in [5.41, 5.74) is 1.66. The highest BCUT2D eigenvalue weighted by atomic mass is 32.2. The Morgan fingerprint density at radius 3 is 2.46 bits per heavy atom. The number of likely N-dealkylation sites (tertiary alicyclic amines) is 1. The molecule has 2 rings (SSSR count). The lowest BCUT2D eigenvalue weighted by Gasteiger charge is -2.36. The molecular formula is C19H31N3O3S. The molecule has 0 unspecified atom stereocenters. The molecular weight excluding hydrogens is 350 g/mol. The molecule has 0 spiro atoms. The van der Waals surface area contributed by atoms with Gasteiger partial charge in [0.05, 0.1) is 11.9 Å². The number of sulfonamides is 1. The molecule has 6 nitrogen and oxygen atoms in total. The first-order valence-corrected chi connectivity index (χ1v) is 11.0. The van der Waals surface area contributed by atoms with Gasteiger partial charge in [-0.1, -0.05) is 19.9 Å². The quantitative estimate of drug-likeness (QED) is 0.793. The normalized spacial score (nSPS) is 22.7. The fourth-order valence-electron chi connectivity index (χ4n) is 3.75. The van der Waals surface area contributed by atoms with Crippen LogP contribution in [0.4, 0.5) is 5.69 Å². The van der Waals surface area contributed by atoms with Gasteiger partial charge in [-0.05, 0) is 49.8 Å². The Morgan fingerprint density at radius 2 is 1.88 bits per heavy atom. The summed E-state index contributed by atoms with van der Waals surface area (Å²) >= 11 is 0. The molecule has 1 fully saturated rings. The summed E-state index contributed by atoms with van der Waals surface area (Å²) in [6.07, 6.45) is 2.36. The molecule has 1 aliphatic rings. The Kier molecular flexibility index (Phi) is 6.69. The molecule has 1 aromatic carbocycles. The Hall–Kier alpha value is -1.60. The van der Waals surface area contributed by atoms with Gasteiger partial charge in [-0.25, -0.2) is 8.42 Å². The zero-order valence-corrected chi connectivity index (χ0v) is 17.2. The molecule has 1 amide bonds. The Balaban J connectivity index is 1.99. The molecule has 0 bridgehead atoms. The first kappa shape index (κ1) is 20.7. The molecule has 1 heterocycles. The van der Waals surface area contributed by atoms with Crippen molar-refractivity contribution in [3.8, 4) is 0 Å². The monoisotopic (exact) mass is 381 g/mol. The predicted molar refractivity (Wildman–Crippen MR) is 106 cm³/mol. The molecule has 2 N–H and O–H groups in total. The fourth-order valence-corrected chi connectivity index (χ4v) is 4.37. The van der Waals surface area contributed by atoms with E-state index in [1.165, 1.54) is 6.42 Å². The number of nitrogens with one attached hydrogen (secondary N) is 2. The topological polar surface area (TPSA) is 78.5 Å². The number of hydrogen-bond acceptors (Lipinski definition) is 4. The Morgan fingerprint density at radius 1 is 1.27 bits per heavy atom. The Bertz CT molecular complexity index is 738. The minimum atomic E-state index is -3.38. The molecule has 7 heteroatoms. The molecule has 0 saturated carbocycles. The van der Waals surface area contributed by atoms with Gasteiger partial charge in [0, 0.05) is 31.2 Å². The summed E-state index contributed by atoms with van der Waals surface area (Å²) in [7, 11) is -3.38. The van der Waals surface area contributed by atoms with Crippen molar-refractivity contribution in [2.24, 2.45) is 11.8 Å². The maximum Gasteiger partial charge on any atom is 0.251 e. The smallest absolute Gasteiger partial charge is 0.251 e. The van der Waals surface area contributed by atoms with Crippen molar-refractivity contribution >= 4 is 21.6 Å². The summed E-state index contributed by atoms with van der Waals surface area (Å²) in [5, 5.41) is 3.02. The van der Waals surface area contributed by atoms with Crippen molar-refractivity contribution in [2.45, 2.75) is 40.2 Å². The zero-order valence-electron chi connectivity index (χ0n) is 16.4. The van der Waals surface area contributed by atoms with Crippen LogP contribution in [0.3, 0.4) is 0 Å². The highest BCUT2D eigenvalue weighted by Crippen LogP contribution is 2.21. The van der Waals surface area contributed by atoms with Crippen LogP contribution in [0.25, 0.3) is 0 Å². The van der Waals surface area contributed by atoms with Crippen LogP contribution in [0.5, 0.6) is 0 Å². The van der Waals surface area contributed by atoms with E-state index in [-0.39, 0.29) is 11.9 Å². The molecule has 1 saturated heterocycles. The molecule has 146 valence electrons. The number of anilines is 1. The second kappa shape index (κ2) is 8.39. The number of nitrogens with zero attached hydrogens (tertiary/aromatic N) is 1. The van der Waals surface area contributed by atoms with Crippen molar-refractivity contribution in [3.63, 3.8) is 0 Å². The number of piperidine rings is 1. The van der Waals surface area contributed by atoms with Gasteiger partial charge in [0.2, 0.25) is 10.0 Å². The molecule has 3 atom stereocenters. The summed E-state index contributed by atoms with van der Waals surface area (Å²) < 4.78 is 25.4. The van der Waals surface area contributed by atoms with Gasteiger partial charge in [0.25, 0.3) is 5.91 Å². The maximum atomic E-state index is 12.5. The van der Waals surface area contributed by atoms with Gasteiger partial charge in [-0.3, -0.25) is 9.52 Å². The van der Waals surface area contributed by atoms with Crippen LogP contribution in [-0.2, 0) is 10.0 Å². The van der Waals surface area contributed by atoms with E-state index in [0.29, 0.717) is 23.1 Å². The number of benzene rings is 1. The number of amides is 1. The van der Waals surface area contributed by atoms with Crippen LogP contribution in [0.15, 0.2) is 18.2 Å². The van der Waals surface area contributed by atoms with Gasteiger partial charge < -0.3 is 10.2 Å². The highest BCUT2D eigenvalue weighted by molar-refractivity contribution is 7.92. The summed E-state index contributed by atoms with van der Waals surface area (Å²) in [6, 6.07) is 5.08. The van der Waals surface area contributed by atoms with Gasteiger partial charge in [-0.15, -0.1) is 0 Å². The third kappa shape index (κ3) is 6.29. The van der Waals surface area contributed by atoms with Gasteiger partial charge in [0.15, 0.2) is 0 Å². The van der Waals surface area contributed by atoms with E-state index in [2.05, 4.69) is 28.8 Å². The van der Waals surface area contributed by atoms with Crippen molar-refractivity contribution < 1.29 is 13.2 Å². The minimum absolute atomic E-state index is 0.0209. The second-order valence-corrected chi connectivity index (χ2v) is 9.69. The number of carbonyl (C=O) groups is 1. The van der Waals surface area contributed by atoms with Crippen molar-refractivity contribution in [1.29, 1.82) is 0 Å². The van der Waals surface area contributed by atoms with Crippen molar-refractivity contribution in [3.05, 3.63) is 29.3 Å². The zero-order chi connectivity index (χ0) is 19.5. The molecule has 0 aromatic heterocycles. The SMILES string of the molecule is Cc1ccc(C(=O)N[C@H](C)CN2C[C@H](C)C[C@H](C)C2)cc1NS(C)(=O)=O. The molecule has 1 aliphatic heterocycles. The third-order valence-electron chi connectivity index (χ3n) is 4.65. The van der Waals surface area contributed by atoms with E-state index in [9.17, 15) is 13.2 Å². The second-order valence-electron chi connectivity index (χ2n) is 7.94. The Labute approximate surface area is 157 Å². The molecule has 26 heavy (non-hydrogen) atoms. The average molecular weight is 382 g/mol. The fraction of sp³-hybridized carbons (Fsp3) is 0.632. The van der Waals surface area contributed by atoms with Gasteiger partial charge in [-0.2, -0.15) is 0 Å². The van der Waals surface area contributed by atoms with E-state index in [0.717, 1.165) is 31.5 Å². The summed E-state index contributed by atoms with van der Waals surface area (Å²) in [5.74, 6) is 1.18. The van der Waals surface area contributed by atoms with Crippen molar-refractivity contribution in [2.75, 3.05) is 30.6 Å². The summed E-state index contributed by atoms with van der Waals surface area (Å²) in [6.45, 7) is 11.3. The largest absolute Gasteiger partial charge is 0.348 e.